The highest BCUT2D eigenvalue weighted by Gasteiger charge is 2.15. The lowest BCUT2D eigenvalue weighted by Crippen LogP contribution is -2.37. The molecule has 0 bridgehead atoms. The molecular weight excluding hydrogens is 394 g/mol. The monoisotopic (exact) mass is 423 g/mol. The molecule has 1 aliphatic rings. The van der Waals surface area contributed by atoms with Crippen LogP contribution >= 0.6 is 0 Å². The van der Waals surface area contributed by atoms with Crippen molar-refractivity contribution in [2.75, 3.05) is 56.8 Å². The SMILES string of the molecule is CNCCOc1nc(/C=N/Nc2ccc3[nH]c(C)c(C)c3c2)cc(N2CCOCC2)n1. The van der Waals surface area contributed by atoms with E-state index < -0.39 is 0 Å². The summed E-state index contributed by atoms with van der Waals surface area (Å²) in [7, 11) is 1.88. The van der Waals surface area contributed by atoms with Gasteiger partial charge in [0.1, 0.15) is 12.4 Å². The van der Waals surface area contributed by atoms with Crippen molar-refractivity contribution in [3.05, 3.63) is 41.2 Å². The van der Waals surface area contributed by atoms with Gasteiger partial charge in [0.05, 0.1) is 30.8 Å². The van der Waals surface area contributed by atoms with E-state index in [-0.39, 0.29) is 0 Å². The molecule has 3 aromatic rings. The van der Waals surface area contributed by atoms with Crippen LogP contribution in [0.25, 0.3) is 10.9 Å². The highest BCUT2D eigenvalue weighted by atomic mass is 16.5. The molecule has 0 radical (unpaired) electrons. The molecule has 0 saturated carbocycles. The Bertz CT molecular complexity index is 1060. The van der Waals surface area contributed by atoms with Crippen molar-refractivity contribution in [3.8, 4) is 6.01 Å². The van der Waals surface area contributed by atoms with E-state index in [2.05, 4.69) is 61.7 Å². The Morgan fingerprint density at radius 3 is 2.87 bits per heavy atom. The van der Waals surface area contributed by atoms with Gasteiger partial charge < -0.3 is 24.7 Å². The summed E-state index contributed by atoms with van der Waals surface area (Å²) < 4.78 is 11.2. The first-order valence-electron chi connectivity index (χ1n) is 10.5. The topological polar surface area (TPSA) is 99.7 Å². The maximum absolute atomic E-state index is 5.72. The second-order valence-electron chi connectivity index (χ2n) is 7.49. The van der Waals surface area contributed by atoms with Crippen molar-refractivity contribution in [3.63, 3.8) is 0 Å². The Balaban J connectivity index is 1.52. The molecule has 1 saturated heterocycles. The zero-order valence-electron chi connectivity index (χ0n) is 18.2. The van der Waals surface area contributed by atoms with Crippen LogP contribution in [0.15, 0.2) is 29.4 Å². The van der Waals surface area contributed by atoms with Crippen LogP contribution in [0.2, 0.25) is 0 Å². The van der Waals surface area contributed by atoms with Crippen LogP contribution in [0.5, 0.6) is 6.01 Å². The number of rotatable bonds is 8. The van der Waals surface area contributed by atoms with Gasteiger partial charge >= 0.3 is 6.01 Å². The average Bonchev–Trinajstić information content (AvgIpc) is 3.08. The van der Waals surface area contributed by atoms with E-state index in [1.807, 2.05) is 19.2 Å². The van der Waals surface area contributed by atoms with Gasteiger partial charge in [0.25, 0.3) is 0 Å². The number of morpholine rings is 1. The average molecular weight is 424 g/mol. The number of benzene rings is 1. The van der Waals surface area contributed by atoms with E-state index in [9.17, 15) is 0 Å². The first-order valence-corrected chi connectivity index (χ1v) is 10.5. The quantitative estimate of drug-likeness (QED) is 0.291. The van der Waals surface area contributed by atoms with Gasteiger partial charge in [-0.2, -0.15) is 15.1 Å². The number of H-pyrrole nitrogens is 1. The molecule has 0 atom stereocenters. The van der Waals surface area contributed by atoms with Crippen molar-refractivity contribution in [2.45, 2.75) is 13.8 Å². The normalized spacial score (nSPS) is 14.5. The summed E-state index contributed by atoms with van der Waals surface area (Å²) >= 11 is 0. The molecule has 9 heteroatoms. The fourth-order valence-electron chi connectivity index (χ4n) is 3.46. The van der Waals surface area contributed by atoms with E-state index in [0.29, 0.717) is 31.5 Å². The van der Waals surface area contributed by atoms with Gasteiger partial charge in [-0.25, -0.2) is 0 Å². The number of aryl methyl sites for hydroxylation is 2. The minimum absolute atomic E-state index is 0.348. The molecule has 0 spiro atoms. The van der Waals surface area contributed by atoms with Gasteiger partial charge in [-0.05, 0) is 44.7 Å². The number of hydrogen-bond donors (Lipinski definition) is 3. The summed E-state index contributed by atoms with van der Waals surface area (Å²) in [5, 5.41) is 8.64. The van der Waals surface area contributed by atoms with Crippen LogP contribution in [0, 0.1) is 13.8 Å². The number of likely N-dealkylation sites (N-methyl/N-ethyl adjacent to an activating group) is 1. The number of hydrazone groups is 1. The number of nitrogens with one attached hydrogen (secondary N) is 3. The predicted octanol–water partition coefficient (Wildman–Crippen LogP) is 2.46. The van der Waals surface area contributed by atoms with Crippen LogP contribution in [-0.4, -0.2) is 67.7 Å². The number of aromatic amines is 1. The van der Waals surface area contributed by atoms with E-state index in [4.69, 9.17) is 9.47 Å². The molecule has 0 unspecified atom stereocenters. The van der Waals surface area contributed by atoms with Crippen LogP contribution < -0.4 is 20.4 Å². The van der Waals surface area contributed by atoms with Crippen molar-refractivity contribution in [1.82, 2.24) is 20.3 Å². The van der Waals surface area contributed by atoms with E-state index in [1.165, 1.54) is 16.6 Å². The van der Waals surface area contributed by atoms with Gasteiger partial charge in [-0.3, -0.25) is 5.43 Å². The van der Waals surface area contributed by atoms with Crippen LogP contribution in [-0.2, 0) is 4.74 Å². The molecular formula is C22H29N7O2. The third-order valence-corrected chi connectivity index (χ3v) is 5.33. The number of nitrogens with zero attached hydrogens (tertiary/aromatic N) is 4. The molecule has 1 aliphatic heterocycles. The molecule has 0 aliphatic carbocycles. The number of aromatic nitrogens is 3. The lowest BCUT2D eigenvalue weighted by molar-refractivity contribution is 0.122. The van der Waals surface area contributed by atoms with Gasteiger partial charge in [0.15, 0.2) is 0 Å². The van der Waals surface area contributed by atoms with Crippen molar-refractivity contribution in [1.29, 1.82) is 0 Å². The number of anilines is 2. The minimum atomic E-state index is 0.348. The summed E-state index contributed by atoms with van der Waals surface area (Å²) in [6, 6.07) is 8.42. The van der Waals surface area contributed by atoms with Gasteiger partial charge in [-0.1, -0.05) is 0 Å². The molecule has 1 fully saturated rings. The Morgan fingerprint density at radius 1 is 1.23 bits per heavy atom. The maximum atomic E-state index is 5.72. The number of ether oxygens (including phenoxy) is 2. The molecule has 4 rings (SSSR count). The second kappa shape index (κ2) is 9.76. The van der Waals surface area contributed by atoms with E-state index in [0.717, 1.165) is 36.7 Å². The fourth-order valence-corrected chi connectivity index (χ4v) is 3.46. The van der Waals surface area contributed by atoms with Crippen LogP contribution in [0.3, 0.4) is 0 Å². The zero-order valence-corrected chi connectivity index (χ0v) is 18.2. The summed E-state index contributed by atoms with van der Waals surface area (Å²) in [5.74, 6) is 0.819. The Morgan fingerprint density at radius 2 is 2.06 bits per heavy atom. The van der Waals surface area contributed by atoms with Gasteiger partial charge in [0.2, 0.25) is 0 Å². The van der Waals surface area contributed by atoms with E-state index >= 15 is 0 Å². The lowest BCUT2D eigenvalue weighted by atomic mass is 10.1. The third kappa shape index (κ3) is 5.12. The first-order chi connectivity index (χ1) is 15.1. The summed E-state index contributed by atoms with van der Waals surface area (Å²) in [6.07, 6.45) is 1.69. The Hall–Kier alpha value is -3.17. The van der Waals surface area contributed by atoms with Crippen molar-refractivity contribution >= 4 is 28.6 Å². The molecule has 0 amide bonds. The summed E-state index contributed by atoms with van der Waals surface area (Å²) in [6.45, 7) is 8.36. The number of hydrogen-bond acceptors (Lipinski definition) is 8. The summed E-state index contributed by atoms with van der Waals surface area (Å²) in [5.41, 5.74) is 8.25. The highest BCUT2D eigenvalue weighted by molar-refractivity contribution is 5.87. The molecule has 3 N–H and O–H groups in total. The highest BCUT2D eigenvalue weighted by Crippen LogP contribution is 2.24. The van der Waals surface area contributed by atoms with Crippen LogP contribution in [0.1, 0.15) is 17.0 Å². The predicted molar refractivity (Wildman–Crippen MR) is 123 cm³/mol. The molecule has 2 aromatic heterocycles. The Labute approximate surface area is 181 Å². The largest absolute Gasteiger partial charge is 0.462 e. The van der Waals surface area contributed by atoms with E-state index in [1.54, 1.807) is 6.21 Å². The lowest BCUT2D eigenvalue weighted by Gasteiger charge is -2.28. The maximum Gasteiger partial charge on any atom is 0.319 e. The standard InChI is InChI=1S/C22H29N7O2/c1-15-16(2)25-20-5-4-17(12-19(15)20)28-24-14-18-13-21(29-7-10-30-11-8-29)27-22(26-18)31-9-6-23-3/h4-5,12-14,23,25,28H,6-11H2,1-3H3/b24-14+. The minimum Gasteiger partial charge on any atom is -0.462 e. The molecule has 164 valence electrons. The number of fused-ring (bicyclic) bond motifs is 1. The van der Waals surface area contributed by atoms with Gasteiger partial charge in [-0.15, -0.1) is 0 Å². The Kier molecular flexibility index (Phi) is 6.63. The fraction of sp³-hybridized carbons (Fsp3) is 0.409. The molecule has 31 heavy (non-hydrogen) atoms. The summed E-state index contributed by atoms with van der Waals surface area (Å²) in [4.78, 5) is 14.6. The van der Waals surface area contributed by atoms with Gasteiger partial charge in [0, 0.05) is 42.3 Å². The van der Waals surface area contributed by atoms with Crippen LogP contribution in [0.4, 0.5) is 11.5 Å². The molecule has 3 heterocycles. The van der Waals surface area contributed by atoms with Crippen molar-refractivity contribution in [2.24, 2.45) is 5.10 Å². The molecule has 9 nitrogen and oxygen atoms in total. The van der Waals surface area contributed by atoms with Crippen molar-refractivity contribution < 1.29 is 9.47 Å². The smallest absolute Gasteiger partial charge is 0.319 e. The molecule has 1 aromatic carbocycles. The first kappa shape index (κ1) is 21.1. The zero-order chi connectivity index (χ0) is 21.6. The third-order valence-electron chi connectivity index (χ3n) is 5.33. The second-order valence-corrected chi connectivity index (χ2v) is 7.49.